The zero-order chi connectivity index (χ0) is 12.2. The van der Waals surface area contributed by atoms with Gasteiger partial charge in [-0.1, -0.05) is 0 Å². The Kier molecular flexibility index (Phi) is 2.87. The van der Waals surface area contributed by atoms with Crippen LogP contribution in [0.4, 0.5) is 0 Å². The summed E-state index contributed by atoms with van der Waals surface area (Å²) >= 11 is 0. The van der Waals surface area contributed by atoms with Gasteiger partial charge in [-0.05, 0) is 43.9 Å². The quantitative estimate of drug-likeness (QED) is 0.906. The van der Waals surface area contributed by atoms with Crippen LogP contribution in [0.5, 0.6) is 0 Å². The number of rotatable bonds is 3. The molecule has 0 radical (unpaired) electrons. The van der Waals surface area contributed by atoms with E-state index in [1.54, 1.807) is 0 Å². The topological polar surface area (TPSA) is 67.6 Å². The first kappa shape index (κ1) is 12.6. The van der Waals surface area contributed by atoms with Gasteiger partial charge in [-0.15, -0.1) is 12.4 Å². The van der Waals surface area contributed by atoms with E-state index < -0.39 is 0 Å². The number of nitrogens with zero attached hydrogens (tertiary/aromatic N) is 2. The van der Waals surface area contributed by atoms with E-state index in [2.05, 4.69) is 27.3 Å². The molecular formula is C14H17ClN4. The standard InChI is InChI=1S/C14H16N4.ClH/c15-14(5-6-14)13-4-3-10(8-16-13)12-7-11(17-18-12)9-1-2-9;/h3-4,7-9H,1-2,5-6,15H2,(H,17,18);1H. The Morgan fingerprint density at radius 3 is 2.63 bits per heavy atom. The van der Waals surface area contributed by atoms with Gasteiger partial charge in [-0.3, -0.25) is 10.1 Å². The number of aromatic amines is 1. The first-order valence-electron chi connectivity index (χ1n) is 6.56. The van der Waals surface area contributed by atoms with E-state index in [1.807, 2.05) is 12.3 Å². The fourth-order valence-electron chi connectivity index (χ4n) is 2.32. The van der Waals surface area contributed by atoms with Gasteiger partial charge >= 0.3 is 0 Å². The Labute approximate surface area is 118 Å². The van der Waals surface area contributed by atoms with Crippen molar-refractivity contribution in [3.05, 3.63) is 35.8 Å². The van der Waals surface area contributed by atoms with Crippen molar-refractivity contribution in [2.24, 2.45) is 5.73 Å². The van der Waals surface area contributed by atoms with Gasteiger partial charge in [0.15, 0.2) is 0 Å². The number of nitrogens with two attached hydrogens (primary N) is 1. The van der Waals surface area contributed by atoms with Crippen molar-refractivity contribution in [1.29, 1.82) is 0 Å². The van der Waals surface area contributed by atoms with Crippen LogP contribution in [0.2, 0.25) is 0 Å². The largest absolute Gasteiger partial charge is 0.320 e. The maximum absolute atomic E-state index is 6.12. The summed E-state index contributed by atoms with van der Waals surface area (Å²) in [6.45, 7) is 0. The molecular weight excluding hydrogens is 260 g/mol. The lowest BCUT2D eigenvalue weighted by Crippen LogP contribution is -2.19. The van der Waals surface area contributed by atoms with E-state index in [9.17, 15) is 0 Å². The highest BCUT2D eigenvalue weighted by Crippen LogP contribution is 2.42. The van der Waals surface area contributed by atoms with Crippen molar-refractivity contribution in [1.82, 2.24) is 15.2 Å². The second kappa shape index (κ2) is 4.32. The van der Waals surface area contributed by atoms with Crippen LogP contribution in [0.15, 0.2) is 24.4 Å². The molecule has 5 heteroatoms. The van der Waals surface area contributed by atoms with Gasteiger partial charge in [-0.2, -0.15) is 5.10 Å². The summed E-state index contributed by atoms with van der Waals surface area (Å²) in [4.78, 5) is 4.48. The van der Waals surface area contributed by atoms with Gasteiger partial charge < -0.3 is 5.73 Å². The number of hydrogen-bond acceptors (Lipinski definition) is 3. The second-order valence-electron chi connectivity index (χ2n) is 5.57. The molecule has 0 aromatic carbocycles. The molecule has 2 aliphatic rings. The van der Waals surface area contributed by atoms with Crippen LogP contribution >= 0.6 is 12.4 Å². The van der Waals surface area contributed by atoms with Crippen molar-refractivity contribution in [2.45, 2.75) is 37.1 Å². The number of halogens is 1. The summed E-state index contributed by atoms with van der Waals surface area (Å²) in [5.41, 5.74) is 10.3. The Morgan fingerprint density at radius 2 is 2.05 bits per heavy atom. The molecule has 100 valence electrons. The van der Waals surface area contributed by atoms with Crippen molar-refractivity contribution in [3.63, 3.8) is 0 Å². The normalized spacial score (nSPS) is 19.8. The van der Waals surface area contributed by atoms with Crippen LogP contribution in [0.3, 0.4) is 0 Å². The fraction of sp³-hybridized carbons (Fsp3) is 0.429. The smallest absolute Gasteiger partial charge is 0.0939 e. The van der Waals surface area contributed by atoms with Crippen LogP contribution in [0.25, 0.3) is 11.3 Å². The molecule has 2 heterocycles. The predicted molar refractivity (Wildman–Crippen MR) is 76.1 cm³/mol. The summed E-state index contributed by atoms with van der Waals surface area (Å²) in [5.74, 6) is 0.706. The first-order valence-corrected chi connectivity index (χ1v) is 6.56. The van der Waals surface area contributed by atoms with Gasteiger partial charge in [0.2, 0.25) is 0 Å². The number of hydrogen-bond donors (Lipinski definition) is 2. The zero-order valence-electron chi connectivity index (χ0n) is 10.6. The average molecular weight is 277 g/mol. The Morgan fingerprint density at radius 1 is 1.26 bits per heavy atom. The SMILES string of the molecule is Cl.NC1(c2ccc(-c3cc(C4CC4)[nH]n3)cn2)CC1. The molecule has 19 heavy (non-hydrogen) atoms. The molecule has 0 unspecified atom stereocenters. The number of H-pyrrole nitrogens is 1. The highest BCUT2D eigenvalue weighted by atomic mass is 35.5. The molecule has 0 amide bonds. The molecule has 0 aliphatic heterocycles. The van der Waals surface area contributed by atoms with Crippen LogP contribution in [-0.4, -0.2) is 15.2 Å². The Hall–Kier alpha value is -1.39. The highest BCUT2D eigenvalue weighted by Gasteiger charge is 2.41. The molecule has 3 N–H and O–H groups in total. The van der Waals surface area contributed by atoms with Crippen LogP contribution < -0.4 is 5.73 Å². The number of aromatic nitrogens is 3. The lowest BCUT2D eigenvalue weighted by atomic mass is 10.1. The molecule has 0 atom stereocenters. The molecule has 4 rings (SSSR count). The third-order valence-corrected chi connectivity index (χ3v) is 3.97. The third-order valence-electron chi connectivity index (χ3n) is 3.97. The van der Waals surface area contributed by atoms with Crippen molar-refractivity contribution >= 4 is 12.4 Å². The molecule has 2 saturated carbocycles. The van der Waals surface area contributed by atoms with Crippen molar-refractivity contribution in [3.8, 4) is 11.3 Å². The minimum absolute atomic E-state index is 0. The lowest BCUT2D eigenvalue weighted by molar-refractivity contribution is 0.708. The van der Waals surface area contributed by atoms with Crippen LogP contribution in [0, 0.1) is 0 Å². The van der Waals surface area contributed by atoms with Gasteiger partial charge in [0.1, 0.15) is 0 Å². The average Bonchev–Trinajstić information content (AvgIpc) is 3.32. The monoisotopic (exact) mass is 276 g/mol. The first-order chi connectivity index (χ1) is 8.74. The van der Waals surface area contributed by atoms with Gasteiger partial charge in [0.25, 0.3) is 0 Å². The van der Waals surface area contributed by atoms with E-state index in [1.165, 1.54) is 18.5 Å². The molecule has 4 nitrogen and oxygen atoms in total. The minimum atomic E-state index is -0.150. The second-order valence-corrected chi connectivity index (χ2v) is 5.57. The zero-order valence-corrected chi connectivity index (χ0v) is 11.4. The summed E-state index contributed by atoms with van der Waals surface area (Å²) < 4.78 is 0. The van der Waals surface area contributed by atoms with Crippen molar-refractivity contribution in [2.75, 3.05) is 0 Å². The summed E-state index contributed by atoms with van der Waals surface area (Å²) in [6, 6.07) is 6.25. The molecule has 2 aromatic heterocycles. The molecule has 2 fully saturated rings. The number of pyridine rings is 1. The van der Waals surface area contributed by atoms with Gasteiger partial charge in [-0.25, -0.2) is 0 Å². The summed E-state index contributed by atoms with van der Waals surface area (Å²) in [6.07, 6.45) is 6.55. The Bertz CT molecular complexity index is 582. The van der Waals surface area contributed by atoms with Gasteiger partial charge in [0, 0.05) is 23.4 Å². The molecule has 0 spiro atoms. The highest BCUT2D eigenvalue weighted by molar-refractivity contribution is 5.85. The van der Waals surface area contributed by atoms with E-state index in [4.69, 9.17) is 5.73 Å². The summed E-state index contributed by atoms with van der Waals surface area (Å²) in [5, 5.41) is 7.48. The predicted octanol–water partition coefficient (Wildman–Crippen LogP) is 2.72. The molecule has 2 aliphatic carbocycles. The van der Waals surface area contributed by atoms with E-state index >= 15 is 0 Å². The van der Waals surface area contributed by atoms with E-state index in [-0.39, 0.29) is 17.9 Å². The lowest BCUT2D eigenvalue weighted by Gasteiger charge is -2.07. The van der Waals surface area contributed by atoms with E-state index in [0.29, 0.717) is 5.92 Å². The molecule has 2 aromatic rings. The third kappa shape index (κ3) is 2.26. The van der Waals surface area contributed by atoms with Crippen molar-refractivity contribution < 1.29 is 0 Å². The fourth-order valence-corrected chi connectivity index (χ4v) is 2.32. The summed E-state index contributed by atoms with van der Waals surface area (Å²) in [7, 11) is 0. The van der Waals surface area contributed by atoms with Gasteiger partial charge in [0.05, 0.1) is 16.9 Å². The maximum Gasteiger partial charge on any atom is 0.0939 e. The minimum Gasteiger partial charge on any atom is -0.320 e. The number of nitrogens with one attached hydrogen (secondary N) is 1. The van der Waals surface area contributed by atoms with Crippen LogP contribution in [-0.2, 0) is 5.54 Å². The Balaban J connectivity index is 0.00000110. The molecule has 0 saturated heterocycles. The maximum atomic E-state index is 6.12. The van der Waals surface area contributed by atoms with Crippen LogP contribution in [0.1, 0.15) is 43.0 Å². The van der Waals surface area contributed by atoms with E-state index in [0.717, 1.165) is 29.8 Å². The molecule has 0 bridgehead atoms.